The van der Waals surface area contributed by atoms with Crippen LogP contribution in [-0.4, -0.2) is 28.1 Å². The summed E-state index contributed by atoms with van der Waals surface area (Å²) in [6, 6.07) is 37.1. The minimum absolute atomic E-state index is 0.0135. The summed E-state index contributed by atoms with van der Waals surface area (Å²) in [7, 11) is -3.38. The molecule has 0 heterocycles. The van der Waals surface area contributed by atoms with Crippen LogP contribution < -0.4 is 14.2 Å². The topological polar surface area (TPSA) is 71.1 Å². The predicted octanol–water partition coefficient (Wildman–Crippen LogP) is 8.34. The van der Waals surface area contributed by atoms with Crippen molar-refractivity contribution >= 4 is 10.1 Å². The Kier molecular flexibility index (Phi) is 9.41. The average molecular weight is 649 g/mol. The van der Waals surface area contributed by atoms with E-state index in [4.69, 9.17) is 18.4 Å². The van der Waals surface area contributed by atoms with E-state index in [0.29, 0.717) is 16.7 Å². The van der Waals surface area contributed by atoms with Crippen molar-refractivity contribution in [1.29, 1.82) is 0 Å². The van der Waals surface area contributed by atoms with E-state index in [1.54, 1.807) is 19.1 Å². The van der Waals surface area contributed by atoms with E-state index in [0.717, 1.165) is 5.56 Å². The van der Waals surface area contributed by atoms with Gasteiger partial charge in [0.2, 0.25) is 0 Å². The second-order valence-electron chi connectivity index (χ2n) is 10.4. The maximum atomic E-state index is 13.8. The van der Waals surface area contributed by atoms with Crippen molar-refractivity contribution in [3.05, 3.63) is 161 Å². The van der Waals surface area contributed by atoms with Crippen LogP contribution in [-0.2, 0) is 19.9 Å². The van der Waals surface area contributed by atoms with E-state index in [9.17, 15) is 21.6 Å². The molecule has 1 atom stereocenters. The van der Waals surface area contributed by atoms with Crippen molar-refractivity contribution in [2.45, 2.75) is 24.1 Å². The van der Waals surface area contributed by atoms with E-state index in [-0.39, 0.29) is 28.4 Å². The van der Waals surface area contributed by atoms with Crippen LogP contribution in [0, 0.1) is 6.92 Å². The quantitative estimate of drug-likeness (QED) is 0.0815. The summed E-state index contributed by atoms with van der Waals surface area (Å²) in [5, 5.41) is 0. The number of ether oxygens (including phenoxy) is 3. The first kappa shape index (κ1) is 32.6. The molecular weight excluding hydrogens is 617 g/mol. The summed E-state index contributed by atoms with van der Waals surface area (Å²) in [5.41, 5.74) is -4.18. The van der Waals surface area contributed by atoms with Gasteiger partial charge in [-0.2, -0.15) is 21.6 Å². The molecule has 0 N–H and O–H groups in total. The Morgan fingerprint density at radius 3 is 1.50 bits per heavy atom. The van der Waals surface area contributed by atoms with E-state index >= 15 is 0 Å². The molecule has 0 aliphatic heterocycles. The smallest absolute Gasteiger partial charge is 0.496 e. The fourth-order valence-corrected chi connectivity index (χ4v) is 5.83. The lowest BCUT2D eigenvalue weighted by molar-refractivity contribution is -0.0564. The number of benzene rings is 5. The largest absolute Gasteiger partial charge is 0.523 e. The minimum atomic E-state index is -6.10. The van der Waals surface area contributed by atoms with Crippen molar-refractivity contribution in [2.24, 2.45) is 0 Å². The summed E-state index contributed by atoms with van der Waals surface area (Å²) < 4.78 is 90.1. The van der Waals surface area contributed by atoms with Gasteiger partial charge in [0.25, 0.3) is 0 Å². The summed E-state index contributed by atoms with van der Waals surface area (Å²) >= 11 is 0. The molecule has 46 heavy (non-hydrogen) atoms. The SMILES string of the molecule is COc1cc(OC)c(C(OS(=O)(=O)C(F)(F)F)c2ccc(C)cc2)c(OC(c2ccccc2)(c2ccccc2)c2ccccc2)c1. The van der Waals surface area contributed by atoms with Crippen molar-refractivity contribution in [3.8, 4) is 17.2 Å². The molecule has 1 unspecified atom stereocenters. The van der Waals surface area contributed by atoms with E-state index < -0.39 is 27.3 Å². The molecule has 238 valence electrons. The standard InChI is InChI=1S/C36H31F3O6S/c1-25-19-21-26(22-20-25)34(45-46(40,41)36(37,38)39)33-31(43-3)23-30(42-2)24-32(33)44-35(27-13-7-4-8-14-27,28-15-9-5-10-16-28)29-17-11-6-12-18-29/h4-24,34H,1-3H3. The number of alkyl halides is 3. The number of rotatable bonds is 11. The highest BCUT2D eigenvalue weighted by Crippen LogP contribution is 2.49. The van der Waals surface area contributed by atoms with Crippen LogP contribution in [0.15, 0.2) is 127 Å². The van der Waals surface area contributed by atoms with Crippen molar-refractivity contribution in [2.75, 3.05) is 14.2 Å². The van der Waals surface area contributed by atoms with E-state index in [1.165, 1.54) is 38.5 Å². The van der Waals surface area contributed by atoms with Crippen LogP contribution in [0.1, 0.15) is 39.5 Å². The van der Waals surface area contributed by atoms with Crippen LogP contribution in [0.3, 0.4) is 0 Å². The second-order valence-corrected chi connectivity index (χ2v) is 12.0. The van der Waals surface area contributed by atoms with Gasteiger partial charge in [0, 0.05) is 28.8 Å². The molecule has 0 amide bonds. The van der Waals surface area contributed by atoms with Crippen LogP contribution >= 0.6 is 0 Å². The van der Waals surface area contributed by atoms with Gasteiger partial charge in [-0.1, -0.05) is 121 Å². The Balaban J connectivity index is 1.86. The molecule has 10 heteroatoms. The van der Waals surface area contributed by atoms with Gasteiger partial charge in [-0.05, 0) is 12.5 Å². The summed E-state index contributed by atoms with van der Waals surface area (Å²) in [4.78, 5) is 0. The van der Waals surface area contributed by atoms with E-state index in [2.05, 4.69) is 0 Å². The molecule has 0 aliphatic carbocycles. The fourth-order valence-electron chi connectivity index (χ4n) is 5.26. The van der Waals surface area contributed by atoms with Crippen molar-refractivity contribution in [1.82, 2.24) is 0 Å². The summed E-state index contributed by atoms with van der Waals surface area (Å²) in [6.45, 7) is 1.79. The molecule has 5 rings (SSSR count). The zero-order valence-electron chi connectivity index (χ0n) is 25.2. The van der Waals surface area contributed by atoms with Gasteiger partial charge in [0.1, 0.15) is 23.4 Å². The minimum Gasteiger partial charge on any atom is -0.496 e. The predicted molar refractivity (Wildman–Crippen MR) is 168 cm³/mol. The zero-order chi connectivity index (χ0) is 33.0. The number of halogens is 3. The lowest BCUT2D eigenvalue weighted by Crippen LogP contribution is -2.36. The molecule has 5 aromatic rings. The second kappa shape index (κ2) is 13.3. The molecule has 0 saturated heterocycles. The van der Waals surface area contributed by atoms with Crippen LogP contribution in [0.2, 0.25) is 0 Å². The Bertz CT molecular complexity index is 1770. The lowest BCUT2D eigenvalue weighted by atomic mass is 9.80. The fraction of sp³-hybridized carbons (Fsp3) is 0.167. The van der Waals surface area contributed by atoms with Gasteiger partial charge in [-0.15, -0.1) is 0 Å². The Morgan fingerprint density at radius 2 is 1.09 bits per heavy atom. The van der Waals surface area contributed by atoms with Gasteiger partial charge in [-0.3, -0.25) is 0 Å². The normalized spacial score (nSPS) is 12.7. The van der Waals surface area contributed by atoms with Crippen LogP contribution in [0.25, 0.3) is 0 Å². The number of hydrogen-bond acceptors (Lipinski definition) is 6. The first-order valence-corrected chi connectivity index (χ1v) is 15.6. The molecule has 0 fully saturated rings. The first-order chi connectivity index (χ1) is 22.0. The maximum Gasteiger partial charge on any atom is 0.523 e. The van der Waals surface area contributed by atoms with Crippen molar-refractivity contribution < 1.29 is 40.0 Å². The maximum absolute atomic E-state index is 13.8. The highest BCUT2D eigenvalue weighted by Gasteiger charge is 2.50. The van der Waals surface area contributed by atoms with Gasteiger partial charge in [-0.25, -0.2) is 4.18 Å². The lowest BCUT2D eigenvalue weighted by Gasteiger charge is -2.38. The molecule has 0 radical (unpaired) electrons. The Hall–Kier alpha value is -4.80. The third-order valence-corrected chi connectivity index (χ3v) is 8.50. The van der Waals surface area contributed by atoms with Gasteiger partial charge in [0.15, 0.2) is 5.60 Å². The average Bonchev–Trinajstić information content (AvgIpc) is 3.07. The van der Waals surface area contributed by atoms with Crippen LogP contribution in [0.4, 0.5) is 13.2 Å². The number of methoxy groups -OCH3 is 2. The first-order valence-electron chi connectivity index (χ1n) is 14.2. The Labute approximate surface area is 266 Å². The number of aryl methyl sites for hydroxylation is 1. The molecular formula is C36H31F3O6S. The highest BCUT2D eigenvalue weighted by atomic mass is 32.2. The molecule has 0 spiro atoms. The molecule has 0 saturated carbocycles. The molecule has 0 aromatic heterocycles. The monoisotopic (exact) mass is 648 g/mol. The van der Waals surface area contributed by atoms with Crippen molar-refractivity contribution in [3.63, 3.8) is 0 Å². The number of hydrogen-bond donors (Lipinski definition) is 0. The summed E-state index contributed by atoms with van der Waals surface area (Å²) in [6.07, 6.45) is -1.83. The van der Waals surface area contributed by atoms with Gasteiger partial charge < -0.3 is 14.2 Å². The summed E-state index contributed by atoms with van der Waals surface area (Å²) in [5.74, 6) is 0.205. The Morgan fingerprint density at radius 1 is 0.630 bits per heavy atom. The molecule has 0 bridgehead atoms. The third-order valence-electron chi connectivity index (χ3n) is 7.49. The highest BCUT2D eigenvalue weighted by molar-refractivity contribution is 7.87. The van der Waals surface area contributed by atoms with Crippen LogP contribution in [0.5, 0.6) is 17.2 Å². The van der Waals surface area contributed by atoms with Gasteiger partial charge >= 0.3 is 15.6 Å². The molecule has 0 aliphatic rings. The molecule has 6 nitrogen and oxygen atoms in total. The van der Waals surface area contributed by atoms with Gasteiger partial charge in [0.05, 0.1) is 19.8 Å². The third kappa shape index (κ3) is 6.45. The van der Waals surface area contributed by atoms with E-state index in [1.807, 2.05) is 91.0 Å². The molecule has 5 aromatic carbocycles. The zero-order valence-corrected chi connectivity index (χ0v) is 26.0.